The van der Waals surface area contributed by atoms with E-state index in [1.807, 2.05) is 17.0 Å². The Hall–Kier alpha value is -2.66. The summed E-state index contributed by atoms with van der Waals surface area (Å²) in [7, 11) is 0. The summed E-state index contributed by atoms with van der Waals surface area (Å²) in [6.45, 7) is 7.53. The number of benzene rings is 2. The van der Waals surface area contributed by atoms with Crippen LogP contribution in [-0.4, -0.2) is 17.5 Å². The molecule has 30 heavy (non-hydrogen) atoms. The number of carbonyl (C=O) groups excluding carboxylic acids is 1. The number of nitrogens with zero attached hydrogens (tertiary/aromatic N) is 1. The largest absolute Gasteiger partial charge is 0.334 e. The van der Waals surface area contributed by atoms with E-state index in [9.17, 15) is 9.18 Å². The van der Waals surface area contributed by atoms with E-state index in [-0.39, 0.29) is 17.9 Å². The van der Waals surface area contributed by atoms with Gasteiger partial charge in [-0.15, -0.1) is 11.3 Å². The van der Waals surface area contributed by atoms with E-state index in [0.717, 1.165) is 24.0 Å². The molecule has 1 aliphatic heterocycles. The van der Waals surface area contributed by atoms with Gasteiger partial charge in [0, 0.05) is 22.8 Å². The average Bonchev–Trinajstić information content (AvgIpc) is 3.08. The SMILES string of the molecule is CCc1c(C)sc2c1CCN(C(=O)NCc1ccc(C)cc1)[C@@H]2c1ccc(F)cc1. The van der Waals surface area contributed by atoms with E-state index in [4.69, 9.17) is 0 Å². The Morgan fingerprint density at radius 2 is 1.83 bits per heavy atom. The Kier molecular flexibility index (Phi) is 5.91. The molecule has 0 bridgehead atoms. The molecule has 1 aromatic heterocycles. The van der Waals surface area contributed by atoms with Gasteiger partial charge in [-0.2, -0.15) is 0 Å². The normalized spacial score (nSPS) is 15.7. The van der Waals surface area contributed by atoms with Crippen molar-refractivity contribution in [3.63, 3.8) is 0 Å². The maximum Gasteiger partial charge on any atom is 0.318 e. The van der Waals surface area contributed by atoms with Crippen molar-refractivity contribution in [1.82, 2.24) is 10.2 Å². The van der Waals surface area contributed by atoms with E-state index in [1.54, 1.807) is 23.5 Å². The molecule has 3 nitrogen and oxygen atoms in total. The van der Waals surface area contributed by atoms with Crippen molar-refractivity contribution in [2.75, 3.05) is 6.54 Å². The molecule has 1 aliphatic rings. The summed E-state index contributed by atoms with van der Waals surface area (Å²) < 4.78 is 13.6. The highest BCUT2D eigenvalue weighted by Gasteiger charge is 2.35. The second-order valence-corrected chi connectivity index (χ2v) is 9.13. The quantitative estimate of drug-likeness (QED) is 0.556. The highest BCUT2D eigenvalue weighted by atomic mass is 32.1. The van der Waals surface area contributed by atoms with Crippen molar-refractivity contribution in [1.29, 1.82) is 0 Å². The summed E-state index contributed by atoms with van der Waals surface area (Å²) >= 11 is 1.77. The Bertz CT molecular complexity index is 1040. The van der Waals surface area contributed by atoms with Crippen LogP contribution >= 0.6 is 11.3 Å². The van der Waals surface area contributed by atoms with Crippen LogP contribution in [0.4, 0.5) is 9.18 Å². The van der Waals surface area contributed by atoms with Crippen LogP contribution in [0.25, 0.3) is 0 Å². The lowest BCUT2D eigenvalue weighted by molar-refractivity contribution is 0.181. The van der Waals surface area contributed by atoms with E-state index < -0.39 is 0 Å². The lowest BCUT2D eigenvalue weighted by Gasteiger charge is -2.36. The standard InChI is InChI=1S/C25H27FN2OS/c1-4-21-17(3)30-24-22(21)13-14-28(23(24)19-9-11-20(26)12-10-19)25(29)27-15-18-7-5-16(2)6-8-18/h5-12,23H,4,13-15H2,1-3H3,(H,27,29)/t23-/m1/s1. The van der Waals surface area contributed by atoms with Gasteiger partial charge in [-0.3, -0.25) is 0 Å². The molecule has 156 valence electrons. The highest BCUT2D eigenvalue weighted by molar-refractivity contribution is 7.12. The summed E-state index contributed by atoms with van der Waals surface area (Å²) in [6.07, 6.45) is 1.85. The zero-order chi connectivity index (χ0) is 21.3. The minimum atomic E-state index is -0.262. The van der Waals surface area contributed by atoms with Gasteiger partial charge in [0.15, 0.2) is 0 Å². The number of aryl methyl sites for hydroxylation is 2. The van der Waals surface area contributed by atoms with Crippen molar-refractivity contribution in [3.8, 4) is 0 Å². The number of urea groups is 1. The first-order valence-corrected chi connectivity index (χ1v) is 11.3. The zero-order valence-corrected chi connectivity index (χ0v) is 18.5. The number of rotatable bonds is 4. The molecule has 0 saturated carbocycles. The number of thiophene rings is 1. The summed E-state index contributed by atoms with van der Waals surface area (Å²) in [6, 6.07) is 14.5. The van der Waals surface area contributed by atoms with Gasteiger partial charge in [0.2, 0.25) is 0 Å². The van der Waals surface area contributed by atoms with Gasteiger partial charge in [-0.1, -0.05) is 48.9 Å². The molecule has 4 rings (SSSR count). The molecule has 1 N–H and O–H groups in total. The number of fused-ring (bicyclic) bond motifs is 1. The van der Waals surface area contributed by atoms with Gasteiger partial charge in [-0.25, -0.2) is 9.18 Å². The van der Waals surface area contributed by atoms with Crippen LogP contribution in [-0.2, 0) is 19.4 Å². The van der Waals surface area contributed by atoms with Gasteiger partial charge < -0.3 is 10.2 Å². The van der Waals surface area contributed by atoms with Gasteiger partial charge in [-0.05, 0) is 61.1 Å². The van der Waals surface area contributed by atoms with Crippen molar-refractivity contribution >= 4 is 17.4 Å². The number of amides is 2. The second kappa shape index (κ2) is 8.60. The molecule has 0 radical (unpaired) electrons. The minimum absolute atomic E-state index is 0.0837. The number of carbonyl (C=O) groups is 1. The molecule has 0 saturated heterocycles. The summed E-state index contributed by atoms with van der Waals surface area (Å²) in [5.74, 6) is -0.262. The van der Waals surface area contributed by atoms with E-state index in [1.165, 1.54) is 38.6 Å². The Balaban J connectivity index is 1.64. The predicted octanol–water partition coefficient (Wildman–Crippen LogP) is 5.92. The number of hydrogen-bond acceptors (Lipinski definition) is 2. The van der Waals surface area contributed by atoms with E-state index >= 15 is 0 Å². The van der Waals surface area contributed by atoms with Crippen molar-refractivity contribution < 1.29 is 9.18 Å². The third-order valence-electron chi connectivity index (χ3n) is 5.88. The first kappa shape index (κ1) is 20.6. The Morgan fingerprint density at radius 1 is 1.13 bits per heavy atom. The average molecular weight is 423 g/mol. The molecule has 2 amide bonds. The number of nitrogens with one attached hydrogen (secondary N) is 1. The summed E-state index contributed by atoms with van der Waals surface area (Å²) in [4.78, 5) is 17.6. The maximum atomic E-state index is 13.6. The van der Waals surface area contributed by atoms with Crippen LogP contribution in [0.1, 0.15) is 50.5 Å². The summed E-state index contributed by atoms with van der Waals surface area (Å²) in [5.41, 5.74) is 6.00. The lowest BCUT2D eigenvalue weighted by Crippen LogP contribution is -2.45. The lowest BCUT2D eigenvalue weighted by atomic mass is 9.92. The monoisotopic (exact) mass is 422 g/mol. The van der Waals surface area contributed by atoms with Crippen LogP contribution in [0.15, 0.2) is 48.5 Å². The van der Waals surface area contributed by atoms with Gasteiger partial charge in [0.05, 0.1) is 6.04 Å². The molecule has 0 fully saturated rings. The topological polar surface area (TPSA) is 32.3 Å². The Morgan fingerprint density at radius 3 is 2.50 bits per heavy atom. The first-order chi connectivity index (χ1) is 14.5. The van der Waals surface area contributed by atoms with Gasteiger partial charge in [0.1, 0.15) is 5.82 Å². The fourth-order valence-corrected chi connectivity index (χ4v) is 5.73. The third-order valence-corrected chi connectivity index (χ3v) is 7.12. The number of halogens is 1. The molecular weight excluding hydrogens is 395 g/mol. The van der Waals surface area contributed by atoms with Gasteiger partial charge >= 0.3 is 6.03 Å². The Labute approximate surface area is 181 Å². The molecule has 0 spiro atoms. The fourth-order valence-electron chi connectivity index (χ4n) is 4.29. The molecular formula is C25H27FN2OS. The van der Waals surface area contributed by atoms with Crippen LogP contribution in [0.5, 0.6) is 0 Å². The van der Waals surface area contributed by atoms with Crippen molar-refractivity contribution in [2.45, 2.75) is 46.2 Å². The van der Waals surface area contributed by atoms with Crippen LogP contribution in [0.3, 0.4) is 0 Å². The van der Waals surface area contributed by atoms with Gasteiger partial charge in [0.25, 0.3) is 0 Å². The molecule has 3 aromatic rings. The third kappa shape index (κ3) is 3.99. The van der Waals surface area contributed by atoms with Crippen LogP contribution < -0.4 is 5.32 Å². The summed E-state index contributed by atoms with van der Waals surface area (Å²) in [5, 5.41) is 3.08. The molecule has 1 atom stereocenters. The fraction of sp³-hybridized carbons (Fsp3) is 0.320. The minimum Gasteiger partial charge on any atom is -0.334 e. The first-order valence-electron chi connectivity index (χ1n) is 10.4. The molecule has 2 heterocycles. The predicted molar refractivity (Wildman–Crippen MR) is 121 cm³/mol. The molecule has 5 heteroatoms. The van der Waals surface area contributed by atoms with E-state index in [0.29, 0.717) is 13.1 Å². The zero-order valence-electron chi connectivity index (χ0n) is 17.7. The molecule has 0 aliphatic carbocycles. The van der Waals surface area contributed by atoms with Crippen molar-refractivity contribution in [3.05, 3.63) is 91.9 Å². The van der Waals surface area contributed by atoms with E-state index in [2.05, 4.69) is 38.2 Å². The molecule has 2 aromatic carbocycles. The number of hydrogen-bond donors (Lipinski definition) is 1. The maximum absolute atomic E-state index is 13.6. The highest BCUT2D eigenvalue weighted by Crippen LogP contribution is 2.42. The second-order valence-electron chi connectivity index (χ2n) is 7.87. The van der Waals surface area contributed by atoms with Crippen LogP contribution in [0, 0.1) is 19.7 Å². The molecule has 0 unspecified atom stereocenters. The van der Waals surface area contributed by atoms with Crippen LogP contribution in [0.2, 0.25) is 0 Å². The van der Waals surface area contributed by atoms with Crippen molar-refractivity contribution in [2.24, 2.45) is 0 Å². The smallest absolute Gasteiger partial charge is 0.318 e.